The molecule has 7 heteroatoms. The first-order chi connectivity index (χ1) is 11.0. The third kappa shape index (κ3) is 4.40. The number of phenolic OH excluding ortho intramolecular Hbond substituents is 1. The normalized spacial score (nSPS) is 10.5. The highest BCUT2D eigenvalue weighted by Crippen LogP contribution is 2.21. The van der Waals surface area contributed by atoms with E-state index in [0.717, 1.165) is 0 Å². The Morgan fingerprint density at radius 2 is 1.91 bits per heavy atom. The van der Waals surface area contributed by atoms with E-state index < -0.39 is 11.9 Å². The number of ether oxygens (including phenoxy) is 1. The van der Waals surface area contributed by atoms with Gasteiger partial charge in [0.2, 0.25) is 0 Å². The van der Waals surface area contributed by atoms with Crippen molar-refractivity contribution >= 4 is 34.0 Å². The van der Waals surface area contributed by atoms with Crippen LogP contribution in [-0.2, 0) is 4.74 Å². The third-order valence-corrected chi connectivity index (χ3v) is 3.41. The van der Waals surface area contributed by atoms with Crippen LogP contribution in [-0.4, -0.2) is 30.3 Å². The van der Waals surface area contributed by atoms with E-state index in [-0.39, 0.29) is 11.3 Å². The van der Waals surface area contributed by atoms with E-state index in [4.69, 9.17) is 0 Å². The fourth-order valence-corrected chi connectivity index (χ4v) is 2.10. The van der Waals surface area contributed by atoms with Gasteiger partial charge in [-0.1, -0.05) is 28.1 Å². The van der Waals surface area contributed by atoms with Crippen LogP contribution >= 0.6 is 15.9 Å². The van der Waals surface area contributed by atoms with Crippen LogP contribution in [0.4, 0.5) is 0 Å². The molecule has 0 fully saturated rings. The Hall–Kier alpha value is -2.67. The third-order valence-electron chi connectivity index (χ3n) is 2.91. The number of methoxy groups -OCH3 is 1. The number of nitrogens with one attached hydrogen (secondary N) is 1. The number of hydrogen-bond donors (Lipinski definition) is 2. The fraction of sp³-hybridized carbons (Fsp3) is 0.0625. The molecule has 0 saturated heterocycles. The van der Waals surface area contributed by atoms with Crippen LogP contribution in [0.5, 0.6) is 5.75 Å². The summed E-state index contributed by atoms with van der Waals surface area (Å²) in [5.74, 6) is -1.10. The largest absolute Gasteiger partial charge is 0.507 e. The highest BCUT2D eigenvalue weighted by molar-refractivity contribution is 9.10. The van der Waals surface area contributed by atoms with Gasteiger partial charge in [-0.05, 0) is 35.9 Å². The minimum atomic E-state index is -0.536. The first-order valence-electron chi connectivity index (χ1n) is 6.51. The van der Waals surface area contributed by atoms with Crippen LogP contribution in [0.25, 0.3) is 0 Å². The number of hydrogen-bond acceptors (Lipinski definition) is 5. The molecule has 0 heterocycles. The Labute approximate surface area is 140 Å². The van der Waals surface area contributed by atoms with E-state index in [0.29, 0.717) is 15.6 Å². The predicted octanol–water partition coefficient (Wildman–Crippen LogP) is 2.71. The highest BCUT2D eigenvalue weighted by atomic mass is 79.9. The van der Waals surface area contributed by atoms with Crippen molar-refractivity contribution in [3.63, 3.8) is 0 Å². The topological polar surface area (TPSA) is 88.0 Å². The van der Waals surface area contributed by atoms with E-state index in [1.807, 2.05) is 0 Å². The van der Waals surface area contributed by atoms with E-state index in [1.165, 1.54) is 25.5 Å². The molecule has 2 rings (SSSR count). The summed E-state index contributed by atoms with van der Waals surface area (Å²) in [6.07, 6.45) is 1.42. The summed E-state index contributed by atoms with van der Waals surface area (Å²) in [4.78, 5) is 23.2. The molecule has 0 radical (unpaired) electrons. The Kier molecular flexibility index (Phi) is 5.48. The maximum atomic E-state index is 11.9. The second-order valence-corrected chi connectivity index (χ2v) is 5.39. The second-order valence-electron chi connectivity index (χ2n) is 4.47. The molecule has 2 aromatic carbocycles. The molecule has 2 N–H and O–H groups in total. The summed E-state index contributed by atoms with van der Waals surface area (Å²) in [5.41, 5.74) is 3.55. The van der Waals surface area contributed by atoms with Crippen molar-refractivity contribution in [3.8, 4) is 5.75 Å². The molecule has 0 saturated carbocycles. The number of amides is 1. The van der Waals surface area contributed by atoms with Crippen molar-refractivity contribution in [1.29, 1.82) is 0 Å². The lowest BCUT2D eigenvalue weighted by Gasteiger charge is -2.03. The lowest BCUT2D eigenvalue weighted by Crippen LogP contribution is -2.17. The molecule has 0 atom stereocenters. The smallest absolute Gasteiger partial charge is 0.337 e. The van der Waals surface area contributed by atoms with Crippen molar-refractivity contribution in [2.45, 2.75) is 0 Å². The standard InChI is InChI=1S/C16H13BrN2O4/c1-23-16(22)11-4-2-10(3-5-11)9-18-19-15(21)13-8-12(17)6-7-14(13)20/h2-9,20H,1H3,(H,19,21). The van der Waals surface area contributed by atoms with Crippen LogP contribution in [0, 0.1) is 0 Å². The number of esters is 1. The van der Waals surface area contributed by atoms with Gasteiger partial charge in [0, 0.05) is 4.47 Å². The summed E-state index contributed by atoms with van der Waals surface area (Å²) in [7, 11) is 1.31. The molecule has 2 aromatic rings. The van der Waals surface area contributed by atoms with Crippen molar-refractivity contribution in [2.75, 3.05) is 7.11 Å². The summed E-state index contributed by atoms with van der Waals surface area (Å²) in [5, 5.41) is 13.5. The minimum Gasteiger partial charge on any atom is -0.507 e. The van der Waals surface area contributed by atoms with Gasteiger partial charge in [0.25, 0.3) is 5.91 Å². The van der Waals surface area contributed by atoms with Crippen LogP contribution in [0.2, 0.25) is 0 Å². The number of aromatic hydroxyl groups is 1. The Bertz CT molecular complexity index is 757. The zero-order chi connectivity index (χ0) is 16.8. The van der Waals surface area contributed by atoms with Gasteiger partial charge in [-0.25, -0.2) is 10.2 Å². The summed E-state index contributed by atoms with van der Waals surface area (Å²) in [6, 6.07) is 11.0. The second kappa shape index (κ2) is 7.55. The van der Waals surface area contributed by atoms with Crippen molar-refractivity contribution < 1.29 is 19.4 Å². The molecule has 0 spiro atoms. The lowest BCUT2D eigenvalue weighted by molar-refractivity contribution is 0.0600. The zero-order valence-electron chi connectivity index (χ0n) is 12.1. The number of carbonyl (C=O) groups is 2. The van der Waals surface area contributed by atoms with E-state index >= 15 is 0 Å². The van der Waals surface area contributed by atoms with Gasteiger partial charge in [0.1, 0.15) is 5.75 Å². The molecule has 6 nitrogen and oxygen atoms in total. The SMILES string of the molecule is COC(=O)c1ccc(C=NNC(=O)c2cc(Br)ccc2O)cc1. The number of halogens is 1. The molecular weight excluding hydrogens is 364 g/mol. The number of benzene rings is 2. The molecule has 0 aromatic heterocycles. The van der Waals surface area contributed by atoms with Gasteiger partial charge in [0.05, 0.1) is 24.5 Å². The molecular formula is C16H13BrN2O4. The maximum absolute atomic E-state index is 11.9. The summed E-state index contributed by atoms with van der Waals surface area (Å²) in [6.45, 7) is 0. The van der Waals surface area contributed by atoms with Crippen molar-refractivity contribution in [2.24, 2.45) is 5.10 Å². The number of carbonyl (C=O) groups excluding carboxylic acids is 2. The highest BCUT2D eigenvalue weighted by Gasteiger charge is 2.10. The van der Waals surface area contributed by atoms with E-state index in [1.54, 1.807) is 30.3 Å². The number of nitrogens with zero attached hydrogens (tertiary/aromatic N) is 1. The Balaban J connectivity index is 2.02. The molecule has 1 amide bonds. The molecule has 118 valence electrons. The van der Waals surface area contributed by atoms with Gasteiger partial charge in [-0.2, -0.15) is 5.10 Å². The predicted molar refractivity (Wildman–Crippen MR) is 88.6 cm³/mol. The fourth-order valence-electron chi connectivity index (χ4n) is 1.74. The first kappa shape index (κ1) is 16.7. The number of hydrazone groups is 1. The number of rotatable bonds is 4. The monoisotopic (exact) mass is 376 g/mol. The van der Waals surface area contributed by atoms with Gasteiger partial charge >= 0.3 is 5.97 Å². The van der Waals surface area contributed by atoms with Crippen LogP contribution < -0.4 is 5.43 Å². The quantitative estimate of drug-likeness (QED) is 0.487. The molecule has 0 aliphatic rings. The minimum absolute atomic E-state index is 0.109. The van der Waals surface area contributed by atoms with Crippen LogP contribution in [0.15, 0.2) is 52.0 Å². The average molecular weight is 377 g/mol. The molecule has 0 bridgehead atoms. The lowest BCUT2D eigenvalue weighted by atomic mass is 10.1. The Morgan fingerprint density at radius 1 is 1.22 bits per heavy atom. The molecule has 0 aliphatic carbocycles. The average Bonchev–Trinajstić information content (AvgIpc) is 2.56. The zero-order valence-corrected chi connectivity index (χ0v) is 13.7. The van der Waals surface area contributed by atoms with Crippen LogP contribution in [0.1, 0.15) is 26.3 Å². The van der Waals surface area contributed by atoms with Gasteiger partial charge < -0.3 is 9.84 Å². The molecule has 0 unspecified atom stereocenters. The van der Waals surface area contributed by atoms with Crippen molar-refractivity contribution in [3.05, 3.63) is 63.6 Å². The first-order valence-corrected chi connectivity index (χ1v) is 7.31. The van der Waals surface area contributed by atoms with E-state index in [2.05, 4.69) is 31.2 Å². The van der Waals surface area contributed by atoms with Gasteiger partial charge in [-0.3, -0.25) is 4.79 Å². The Morgan fingerprint density at radius 3 is 2.57 bits per heavy atom. The van der Waals surface area contributed by atoms with Crippen LogP contribution in [0.3, 0.4) is 0 Å². The maximum Gasteiger partial charge on any atom is 0.337 e. The van der Waals surface area contributed by atoms with Gasteiger partial charge in [-0.15, -0.1) is 0 Å². The molecule has 23 heavy (non-hydrogen) atoms. The number of phenols is 1. The van der Waals surface area contributed by atoms with E-state index in [9.17, 15) is 14.7 Å². The molecule has 0 aliphatic heterocycles. The summed E-state index contributed by atoms with van der Waals surface area (Å²) >= 11 is 3.23. The summed E-state index contributed by atoms with van der Waals surface area (Å²) < 4.78 is 5.27. The van der Waals surface area contributed by atoms with Gasteiger partial charge in [0.15, 0.2) is 0 Å². The van der Waals surface area contributed by atoms with Crippen molar-refractivity contribution in [1.82, 2.24) is 5.43 Å².